The van der Waals surface area contributed by atoms with Gasteiger partial charge in [-0.2, -0.15) is 4.98 Å². The van der Waals surface area contributed by atoms with Gasteiger partial charge in [0.25, 0.3) is 11.8 Å². The van der Waals surface area contributed by atoms with E-state index in [1.807, 2.05) is 30.3 Å². The van der Waals surface area contributed by atoms with Crippen LogP contribution in [-0.2, 0) is 0 Å². The Hall–Kier alpha value is -3.80. The number of amides is 1. The lowest BCUT2D eigenvalue weighted by molar-refractivity contribution is 0.102. The highest BCUT2D eigenvalue weighted by molar-refractivity contribution is 6.04. The second kappa shape index (κ2) is 6.98. The van der Waals surface area contributed by atoms with E-state index >= 15 is 0 Å². The van der Waals surface area contributed by atoms with E-state index in [0.29, 0.717) is 23.0 Å². The second-order valence-electron chi connectivity index (χ2n) is 5.56. The van der Waals surface area contributed by atoms with Crippen LogP contribution in [0, 0.1) is 0 Å². The van der Waals surface area contributed by atoms with E-state index in [-0.39, 0.29) is 5.91 Å². The molecule has 0 unspecified atom stereocenters. The van der Waals surface area contributed by atoms with Gasteiger partial charge >= 0.3 is 0 Å². The molecule has 1 N–H and O–H groups in total. The standard InChI is InChI=1S/C20H14N4O2/c25-19(22-17-7-4-12-21-13-17)15-8-10-16(11-9-15)20-23-18(24-26-20)14-5-2-1-3-6-14/h1-13H,(H,22,25). The van der Waals surface area contributed by atoms with E-state index in [0.717, 1.165) is 11.1 Å². The zero-order valence-electron chi connectivity index (χ0n) is 13.7. The van der Waals surface area contributed by atoms with Crippen LogP contribution in [0.2, 0.25) is 0 Å². The molecule has 0 fully saturated rings. The number of carbonyl (C=O) groups excluding carboxylic acids is 1. The molecule has 0 aliphatic carbocycles. The first-order valence-corrected chi connectivity index (χ1v) is 8.00. The molecule has 4 rings (SSSR count). The minimum Gasteiger partial charge on any atom is -0.334 e. The summed E-state index contributed by atoms with van der Waals surface area (Å²) in [6.45, 7) is 0. The Morgan fingerprint density at radius 3 is 2.42 bits per heavy atom. The van der Waals surface area contributed by atoms with E-state index in [9.17, 15) is 4.79 Å². The Kier molecular flexibility index (Phi) is 4.22. The molecule has 0 aliphatic heterocycles. The molecule has 0 saturated carbocycles. The van der Waals surface area contributed by atoms with Crippen LogP contribution in [0.1, 0.15) is 10.4 Å². The van der Waals surface area contributed by atoms with E-state index in [2.05, 4.69) is 20.4 Å². The molecule has 0 aliphatic rings. The van der Waals surface area contributed by atoms with Crippen molar-refractivity contribution >= 4 is 11.6 Å². The van der Waals surface area contributed by atoms with Crippen LogP contribution in [0.25, 0.3) is 22.8 Å². The van der Waals surface area contributed by atoms with Crippen molar-refractivity contribution < 1.29 is 9.32 Å². The molecule has 0 saturated heterocycles. The van der Waals surface area contributed by atoms with Crippen molar-refractivity contribution in [2.24, 2.45) is 0 Å². The lowest BCUT2D eigenvalue weighted by atomic mass is 10.1. The first kappa shape index (κ1) is 15.7. The van der Waals surface area contributed by atoms with Crippen molar-refractivity contribution in [3.63, 3.8) is 0 Å². The van der Waals surface area contributed by atoms with E-state index in [1.165, 1.54) is 0 Å². The third kappa shape index (κ3) is 3.34. The predicted molar refractivity (Wildman–Crippen MR) is 97.4 cm³/mol. The molecule has 26 heavy (non-hydrogen) atoms. The number of aromatic nitrogens is 3. The quantitative estimate of drug-likeness (QED) is 0.605. The van der Waals surface area contributed by atoms with Crippen LogP contribution in [0.15, 0.2) is 83.6 Å². The average molecular weight is 342 g/mol. The summed E-state index contributed by atoms with van der Waals surface area (Å²) in [6.07, 6.45) is 3.24. The number of hydrogen-bond acceptors (Lipinski definition) is 5. The smallest absolute Gasteiger partial charge is 0.258 e. The normalized spacial score (nSPS) is 10.5. The summed E-state index contributed by atoms with van der Waals surface area (Å²) in [6, 6.07) is 20.1. The van der Waals surface area contributed by atoms with E-state index < -0.39 is 0 Å². The third-order valence-corrected chi connectivity index (χ3v) is 3.77. The van der Waals surface area contributed by atoms with Crippen molar-refractivity contribution in [3.05, 3.63) is 84.7 Å². The van der Waals surface area contributed by atoms with Gasteiger partial charge in [0, 0.05) is 22.9 Å². The van der Waals surface area contributed by atoms with Gasteiger partial charge in [0.15, 0.2) is 0 Å². The van der Waals surface area contributed by atoms with Crippen molar-refractivity contribution in [2.75, 3.05) is 5.32 Å². The fourth-order valence-electron chi connectivity index (χ4n) is 2.45. The Labute approximate surface area is 149 Å². The minimum atomic E-state index is -0.208. The Morgan fingerprint density at radius 2 is 1.69 bits per heavy atom. The average Bonchev–Trinajstić information content (AvgIpc) is 3.20. The maximum atomic E-state index is 12.3. The molecular weight excluding hydrogens is 328 g/mol. The Bertz CT molecular complexity index is 1010. The maximum Gasteiger partial charge on any atom is 0.258 e. The van der Waals surface area contributed by atoms with Crippen LogP contribution >= 0.6 is 0 Å². The third-order valence-electron chi connectivity index (χ3n) is 3.77. The number of nitrogens with one attached hydrogen (secondary N) is 1. The van der Waals surface area contributed by atoms with Crippen molar-refractivity contribution in [1.82, 2.24) is 15.1 Å². The fraction of sp³-hybridized carbons (Fsp3) is 0. The van der Waals surface area contributed by atoms with Gasteiger partial charge in [0.2, 0.25) is 5.82 Å². The van der Waals surface area contributed by atoms with Crippen LogP contribution in [-0.4, -0.2) is 21.0 Å². The summed E-state index contributed by atoms with van der Waals surface area (Å²) in [5, 5.41) is 6.79. The molecule has 4 aromatic rings. The molecule has 0 spiro atoms. The molecule has 0 atom stereocenters. The topological polar surface area (TPSA) is 80.9 Å². The van der Waals surface area contributed by atoms with Gasteiger partial charge in [-0.15, -0.1) is 0 Å². The van der Waals surface area contributed by atoms with Crippen LogP contribution in [0.5, 0.6) is 0 Å². The van der Waals surface area contributed by atoms with Crippen molar-refractivity contribution in [1.29, 1.82) is 0 Å². The van der Waals surface area contributed by atoms with Gasteiger partial charge in [0.1, 0.15) is 0 Å². The zero-order valence-corrected chi connectivity index (χ0v) is 13.7. The zero-order chi connectivity index (χ0) is 17.8. The van der Waals surface area contributed by atoms with Crippen LogP contribution < -0.4 is 5.32 Å². The molecule has 0 radical (unpaired) electrons. The van der Waals surface area contributed by atoms with Crippen LogP contribution in [0.4, 0.5) is 5.69 Å². The number of rotatable bonds is 4. The summed E-state index contributed by atoms with van der Waals surface area (Å²) < 4.78 is 5.33. The highest BCUT2D eigenvalue weighted by atomic mass is 16.5. The monoisotopic (exact) mass is 342 g/mol. The molecule has 126 valence electrons. The number of benzene rings is 2. The summed E-state index contributed by atoms with van der Waals surface area (Å²) in [5.74, 6) is 0.724. The van der Waals surface area contributed by atoms with Gasteiger partial charge in [-0.1, -0.05) is 35.5 Å². The molecular formula is C20H14N4O2. The lowest BCUT2D eigenvalue weighted by Gasteiger charge is -2.04. The largest absolute Gasteiger partial charge is 0.334 e. The summed E-state index contributed by atoms with van der Waals surface area (Å²) in [4.78, 5) is 20.6. The number of carbonyl (C=O) groups is 1. The van der Waals surface area contributed by atoms with Gasteiger partial charge in [-0.25, -0.2) is 0 Å². The van der Waals surface area contributed by atoms with Gasteiger partial charge in [-0.05, 0) is 36.4 Å². The van der Waals surface area contributed by atoms with E-state index in [4.69, 9.17) is 4.52 Å². The lowest BCUT2D eigenvalue weighted by Crippen LogP contribution is -2.11. The first-order valence-electron chi connectivity index (χ1n) is 8.00. The maximum absolute atomic E-state index is 12.3. The highest BCUT2D eigenvalue weighted by Gasteiger charge is 2.12. The van der Waals surface area contributed by atoms with Crippen molar-refractivity contribution in [3.8, 4) is 22.8 Å². The summed E-state index contributed by atoms with van der Waals surface area (Å²) in [7, 11) is 0. The molecule has 6 heteroatoms. The first-order chi connectivity index (χ1) is 12.8. The fourth-order valence-corrected chi connectivity index (χ4v) is 2.45. The summed E-state index contributed by atoms with van der Waals surface area (Å²) in [5.41, 5.74) is 2.80. The highest BCUT2D eigenvalue weighted by Crippen LogP contribution is 2.22. The molecule has 1 amide bonds. The number of pyridine rings is 1. The van der Waals surface area contributed by atoms with Gasteiger partial charge < -0.3 is 9.84 Å². The van der Waals surface area contributed by atoms with Crippen LogP contribution in [0.3, 0.4) is 0 Å². The number of hydrogen-bond donors (Lipinski definition) is 1. The number of anilines is 1. The molecule has 6 nitrogen and oxygen atoms in total. The Morgan fingerprint density at radius 1 is 0.885 bits per heavy atom. The molecule has 2 aromatic carbocycles. The number of nitrogens with zero attached hydrogens (tertiary/aromatic N) is 3. The van der Waals surface area contributed by atoms with Gasteiger partial charge in [0.05, 0.1) is 11.9 Å². The summed E-state index contributed by atoms with van der Waals surface area (Å²) >= 11 is 0. The molecule has 2 aromatic heterocycles. The van der Waals surface area contributed by atoms with E-state index in [1.54, 1.807) is 48.8 Å². The van der Waals surface area contributed by atoms with Crippen molar-refractivity contribution in [2.45, 2.75) is 0 Å². The Balaban J connectivity index is 1.51. The second-order valence-corrected chi connectivity index (χ2v) is 5.56. The SMILES string of the molecule is O=C(Nc1cccnc1)c1ccc(-c2nc(-c3ccccc3)no2)cc1. The minimum absolute atomic E-state index is 0.208. The van der Waals surface area contributed by atoms with Gasteiger partial charge in [-0.3, -0.25) is 9.78 Å². The molecule has 0 bridgehead atoms. The molecule has 2 heterocycles. The predicted octanol–water partition coefficient (Wildman–Crippen LogP) is 4.05.